The van der Waals surface area contributed by atoms with Gasteiger partial charge in [0.1, 0.15) is 4.75 Å². The molecule has 0 radical (unpaired) electrons. The highest BCUT2D eigenvalue weighted by Crippen LogP contribution is 2.34. The summed E-state index contributed by atoms with van der Waals surface area (Å²) in [5.74, 6) is -0.832. The minimum Gasteiger partial charge on any atom is -0.480 e. The van der Waals surface area contributed by atoms with Crippen molar-refractivity contribution >= 4 is 29.1 Å². The molecule has 0 aliphatic rings. The first-order chi connectivity index (χ1) is 12.9. The zero-order valence-corrected chi connectivity index (χ0v) is 16.9. The number of aromatic nitrogens is 3. The monoisotopic (exact) mass is 402 g/mol. The molecular weight excluding hydrogens is 380 g/mol. The van der Waals surface area contributed by atoms with Crippen LogP contribution < -0.4 is 5.32 Å². The number of rotatable bonds is 9. The van der Waals surface area contributed by atoms with Crippen LogP contribution >= 0.6 is 23.1 Å². The van der Waals surface area contributed by atoms with E-state index in [0.29, 0.717) is 0 Å². The Kier molecular flexibility index (Phi) is 6.30. The topological polar surface area (TPSA) is 80.0 Å². The molecule has 27 heavy (non-hydrogen) atoms. The standard InChI is InChI=1S/C19H22N4O2S2/c1-19(2,17(24)25)27-18-22-15(13-26-18)8-9-20-10-14-11-21-23(12-14)16-6-4-3-5-7-16/h3-7,11-13,20H,8-10H2,1-2H3,(H,24,25). The molecule has 0 atom stereocenters. The van der Waals surface area contributed by atoms with Crippen molar-refractivity contribution in [1.82, 2.24) is 20.1 Å². The Balaban J connectivity index is 1.45. The summed E-state index contributed by atoms with van der Waals surface area (Å²) < 4.78 is 1.79. The van der Waals surface area contributed by atoms with Gasteiger partial charge in [-0.05, 0) is 26.0 Å². The molecule has 3 aromatic rings. The number of benzene rings is 1. The Hall–Kier alpha value is -2.16. The molecule has 2 aromatic heterocycles. The number of aliphatic carboxylic acids is 1. The van der Waals surface area contributed by atoms with Crippen LogP contribution in [0.5, 0.6) is 0 Å². The Bertz CT molecular complexity index is 890. The number of thioether (sulfide) groups is 1. The SMILES string of the molecule is CC(C)(Sc1nc(CCNCc2cnn(-c3ccccc3)c2)cs1)C(=O)O. The van der Waals surface area contributed by atoms with E-state index < -0.39 is 10.7 Å². The highest BCUT2D eigenvalue weighted by molar-refractivity contribution is 8.02. The maximum Gasteiger partial charge on any atom is 0.319 e. The number of thiazole rings is 1. The molecule has 0 aliphatic heterocycles. The van der Waals surface area contributed by atoms with Crippen LogP contribution in [0, 0.1) is 0 Å². The van der Waals surface area contributed by atoms with Crippen LogP contribution in [-0.4, -0.2) is 37.1 Å². The van der Waals surface area contributed by atoms with Crippen molar-refractivity contribution < 1.29 is 9.90 Å². The van der Waals surface area contributed by atoms with Crippen molar-refractivity contribution in [3.05, 3.63) is 59.4 Å². The quantitative estimate of drug-likeness (QED) is 0.420. The fraction of sp³-hybridized carbons (Fsp3) is 0.316. The zero-order valence-electron chi connectivity index (χ0n) is 15.3. The average Bonchev–Trinajstić information content (AvgIpc) is 3.28. The lowest BCUT2D eigenvalue weighted by molar-refractivity contribution is -0.138. The van der Waals surface area contributed by atoms with Gasteiger partial charge in [0, 0.05) is 36.7 Å². The first-order valence-electron chi connectivity index (χ1n) is 8.60. The summed E-state index contributed by atoms with van der Waals surface area (Å²) in [7, 11) is 0. The summed E-state index contributed by atoms with van der Waals surface area (Å²) in [6, 6.07) is 10.0. The van der Waals surface area contributed by atoms with Crippen LogP contribution in [-0.2, 0) is 17.8 Å². The van der Waals surface area contributed by atoms with Gasteiger partial charge < -0.3 is 10.4 Å². The van der Waals surface area contributed by atoms with Gasteiger partial charge in [0.15, 0.2) is 4.34 Å². The lowest BCUT2D eigenvalue weighted by Crippen LogP contribution is -2.26. The van der Waals surface area contributed by atoms with E-state index in [0.717, 1.165) is 40.8 Å². The molecule has 142 valence electrons. The van der Waals surface area contributed by atoms with E-state index in [1.807, 2.05) is 52.8 Å². The molecule has 0 fully saturated rings. The van der Waals surface area contributed by atoms with Gasteiger partial charge in [-0.1, -0.05) is 30.0 Å². The molecule has 0 amide bonds. The normalized spacial score (nSPS) is 11.6. The maximum absolute atomic E-state index is 11.2. The molecule has 6 nitrogen and oxygen atoms in total. The second kappa shape index (κ2) is 8.69. The Labute approximate surface area is 166 Å². The van der Waals surface area contributed by atoms with Gasteiger partial charge in [0.05, 0.1) is 17.6 Å². The number of hydrogen-bond donors (Lipinski definition) is 2. The van der Waals surface area contributed by atoms with Crippen molar-refractivity contribution in [3.63, 3.8) is 0 Å². The molecule has 1 aromatic carbocycles. The van der Waals surface area contributed by atoms with Crippen LogP contribution in [0.15, 0.2) is 52.4 Å². The predicted molar refractivity (Wildman–Crippen MR) is 109 cm³/mol. The summed E-state index contributed by atoms with van der Waals surface area (Å²) in [5.41, 5.74) is 3.15. The molecular formula is C19H22N4O2S2. The van der Waals surface area contributed by atoms with Gasteiger partial charge in [-0.15, -0.1) is 11.3 Å². The fourth-order valence-corrected chi connectivity index (χ4v) is 4.56. The molecule has 8 heteroatoms. The second-order valence-electron chi connectivity index (χ2n) is 6.58. The van der Waals surface area contributed by atoms with Crippen LogP contribution in [0.1, 0.15) is 25.1 Å². The van der Waals surface area contributed by atoms with Gasteiger partial charge in [-0.25, -0.2) is 9.67 Å². The molecule has 0 spiro atoms. The average molecular weight is 403 g/mol. The molecule has 0 saturated carbocycles. The lowest BCUT2D eigenvalue weighted by Gasteiger charge is -2.15. The number of hydrogen-bond acceptors (Lipinski definition) is 6. The predicted octanol–water partition coefficient (Wildman–Crippen LogP) is 3.62. The second-order valence-corrected chi connectivity index (χ2v) is 9.31. The van der Waals surface area contributed by atoms with Crippen molar-refractivity contribution in [2.75, 3.05) is 6.54 Å². The van der Waals surface area contributed by atoms with Crippen molar-refractivity contribution in [3.8, 4) is 5.69 Å². The number of carboxylic acid groups (broad SMARTS) is 1. The summed E-state index contributed by atoms with van der Waals surface area (Å²) in [5, 5.41) is 19.0. The smallest absolute Gasteiger partial charge is 0.319 e. The Morgan fingerprint density at radius 3 is 2.85 bits per heavy atom. The molecule has 0 saturated heterocycles. The summed E-state index contributed by atoms with van der Waals surface area (Å²) in [4.78, 5) is 15.7. The van der Waals surface area contributed by atoms with Crippen LogP contribution in [0.2, 0.25) is 0 Å². The summed E-state index contributed by atoms with van der Waals surface area (Å²) in [6.45, 7) is 4.92. The van der Waals surface area contributed by atoms with Gasteiger partial charge in [-0.2, -0.15) is 5.10 Å². The van der Waals surface area contributed by atoms with Crippen molar-refractivity contribution in [2.45, 2.75) is 35.9 Å². The molecule has 0 bridgehead atoms. The third kappa shape index (κ3) is 5.41. The van der Waals surface area contributed by atoms with Gasteiger partial charge >= 0.3 is 5.97 Å². The first kappa shape index (κ1) is 19.6. The van der Waals surface area contributed by atoms with E-state index in [2.05, 4.69) is 15.4 Å². The lowest BCUT2D eigenvalue weighted by atomic mass is 10.2. The van der Waals surface area contributed by atoms with E-state index in [9.17, 15) is 9.90 Å². The summed E-state index contributed by atoms with van der Waals surface area (Å²) >= 11 is 2.78. The van der Waals surface area contributed by atoms with E-state index >= 15 is 0 Å². The minimum atomic E-state index is -0.869. The third-order valence-corrected chi connectivity index (χ3v) is 6.10. The van der Waals surface area contributed by atoms with Crippen LogP contribution in [0.4, 0.5) is 0 Å². The van der Waals surface area contributed by atoms with Crippen LogP contribution in [0.25, 0.3) is 5.69 Å². The van der Waals surface area contributed by atoms with E-state index in [1.165, 1.54) is 23.1 Å². The number of carbonyl (C=O) groups is 1. The summed E-state index contributed by atoms with van der Waals surface area (Å²) in [6.07, 6.45) is 4.69. The molecule has 0 unspecified atom stereocenters. The number of para-hydroxylation sites is 1. The minimum absolute atomic E-state index is 0.741. The molecule has 3 rings (SSSR count). The third-order valence-electron chi connectivity index (χ3n) is 3.93. The largest absolute Gasteiger partial charge is 0.480 e. The number of nitrogens with one attached hydrogen (secondary N) is 1. The van der Waals surface area contributed by atoms with Gasteiger partial charge in [0.2, 0.25) is 0 Å². The van der Waals surface area contributed by atoms with E-state index in [1.54, 1.807) is 13.8 Å². The van der Waals surface area contributed by atoms with E-state index in [4.69, 9.17) is 0 Å². The Morgan fingerprint density at radius 1 is 1.33 bits per heavy atom. The molecule has 2 N–H and O–H groups in total. The van der Waals surface area contributed by atoms with Crippen LogP contribution in [0.3, 0.4) is 0 Å². The van der Waals surface area contributed by atoms with E-state index in [-0.39, 0.29) is 0 Å². The molecule has 0 aliphatic carbocycles. The number of nitrogens with zero attached hydrogens (tertiary/aromatic N) is 3. The van der Waals surface area contributed by atoms with Crippen molar-refractivity contribution in [1.29, 1.82) is 0 Å². The fourth-order valence-electron chi connectivity index (χ4n) is 2.33. The first-order valence-corrected chi connectivity index (χ1v) is 10.3. The highest BCUT2D eigenvalue weighted by Gasteiger charge is 2.29. The van der Waals surface area contributed by atoms with Gasteiger partial charge in [0.25, 0.3) is 0 Å². The van der Waals surface area contributed by atoms with Gasteiger partial charge in [-0.3, -0.25) is 4.79 Å². The zero-order chi connectivity index (χ0) is 19.3. The molecule has 2 heterocycles. The Morgan fingerprint density at radius 2 is 2.11 bits per heavy atom. The number of carboxylic acids is 1. The highest BCUT2D eigenvalue weighted by atomic mass is 32.2. The van der Waals surface area contributed by atoms with Crippen molar-refractivity contribution in [2.24, 2.45) is 0 Å². The maximum atomic E-state index is 11.2.